The maximum atomic E-state index is 9.13. The van der Waals surface area contributed by atoms with E-state index in [1.807, 2.05) is 12.1 Å². The topological polar surface area (TPSA) is 32.7 Å². The third-order valence-corrected chi connectivity index (χ3v) is 4.32. The Morgan fingerprint density at radius 1 is 1.50 bits per heavy atom. The van der Waals surface area contributed by atoms with Gasteiger partial charge in [0.15, 0.2) is 0 Å². The normalized spacial score (nSPS) is 24.3. The smallest absolute Gasteiger partial charge is 0.0825 e. The lowest BCUT2D eigenvalue weighted by Crippen LogP contribution is -2.47. The van der Waals surface area contributed by atoms with Crippen LogP contribution >= 0.6 is 15.9 Å². The summed E-state index contributed by atoms with van der Waals surface area (Å²) in [6.45, 7) is 4.19. The minimum atomic E-state index is -0.0622. The second-order valence-electron chi connectivity index (χ2n) is 5.12. The number of halogens is 1. The van der Waals surface area contributed by atoms with E-state index in [1.165, 1.54) is 5.69 Å². The average Bonchev–Trinajstić information content (AvgIpc) is 2.38. The number of anilines is 1. The van der Waals surface area contributed by atoms with Crippen molar-refractivity contribution >= 4 is 21.6 Å². The molecular weight excluding hydrogens is 294 g/mol. The van der Waals surface area contributed by atoms with Crippen molar-refractivity contribution in [3.8, 4) is 0 Å². The van der Waals surface area contributed by atoms with Gasteiger partial charge in [-0.25, -0.2) is 0 Å². The number of hydrogen-bond acceptors (Lipinski definition) is 3. The van der Waals surface area contributed by atoms with Crippen molar-refractivity contribution in [2.75, 3.05) is 25.1 Å². The van der Waals surface area contributed by atoms with E-state index >= 15 is 0 Å². The van der Waals surface area contributed by atoms with E-state index in [4.69, 9.17) is 9.84 Å². The van der Waals surface area contributed by atoms with E-state index in [2.05, 4.69) is 33.8 Å². The number of piperidine rings is 1. The number of methoxy groups -OCH3 is 1. The van der Waals surface area contributed by atoms with Gasteiger partial charge in [0.25, 0.3) is 0 Å². The lowest BCUT2D eigenvalue weighted by atomic mass is 9.94. The number of aliphatic hydroxyl groups is 1. The molecule has 0 aromatic heterocycles. The molecule has 1 aliphatic rings. The van der Waals surface area contributed by atoms with E-state index in [0.29, 0.717) is 0 Å². The highest BCUT2D eigenvalue weighted by atomic mass is 79.9. The molecular formula is C14H20BrNO2. The molecule has 1 aromatic rings. The molecule has 1 aromatic carbocycles. The van der Waals surface area contributed by atoms with E-state index in [0.717, 1.165) is 36.0 Å². The van der Waals surface area contributed by atoms with Crippen LogP contribution in [-0.4, -0.2) is 30.9 Å². The van der Waals surface area contributed by atoms with Crippen molar-refractivity contribution in [2.24, 2.45) is 0 Å². The van der Waals surface area contributed by atoms with Gasteiger partial charge >= 0.3 is 0 Å². The molecule has 0 bridgehead atoms. The van der Waals surface area contributed by atoms with Crippen LogP contribution in [0.3, 0.4) is 0 Å². The molecule has 2 rings (SSSR count). The molecule has 1 unspecified atom stereocenters. The Kier molecular flexibility index (Phi) is 4.30. The zero-order valence-corrected chi connectivity index (χ0v) is 12.5. The number of rotatable bonds is 3. The number of ether oxygens (including phenoxy) is 1. The molecule has 1 atom stereocenters. The number of benzene rings is 1. The molecule has 1 saturated heterocycles. The van der Waals surface area contributed by atoms with Crippen LogP contribution in [0.25, 0.3) is 0 Å². The molecule has 4 heteroatoms. The highest BCUT2D eigenvalue weighted by molar-refractivity contribution is 9.10. The zero-order valence-electron chi connectivity index (χ0n) is 10.9. The summed E-state index contributed by atoms with van der Waals surface area (Å²) < 4.78 is 6.65. The van der Waals surface area contributed by atoms with Crippen molar-refractivity contribution in [1.29, 1.82) is 0 Å². The van der Waals surface area contributed by atoms with Gasteiger partial charge in [-0.1, -0.05) is 6.07 Å². The van der Waals surface area contributed by atoms with Crippen LogP contribution in [0.4, 0.5) is 5.69 Å². The first-order chi connectivity index (χ1) is 8.58. The molecule has 0 saturated carbocycles. The van der Waals surface area contributed by atoms with Crippen LogP contribution in [0, 0.1) is 0 Å². The summed E-state index contributed by atoms with van der Waals surface area (Å²) in [6, 6.07) is 6.02. The van der Waals surface area contributed by atoms with Crippen molar-refractivity contribution in [2.45, 2.75) is 32.0 Å². The molecule has 0 aliphatic carbocycles. The molecule has 0 spiro atoms. The van der Waals surface area contributed by atoms with Crippen LogP contribution in [0.15, 0.2) is 22.7 Å². The van der Waals surface area contributed by atoms with Gasteiger partial charge in [-0.2, -0.15) is 0 Å². The Balaban J connectivity index is 2.21. The Bertz CT molecular complexity index is 424. The summed E-state index contributed by atoms with van der Waals surface area (Å²) in [7, 11) is 1.79. The van der Waals surface area contributed by atoms with E-state index < -0.39 is 0 Å². The first kappa shape index (κ1) is 13.8. The zero-order chi connectivity index (χ0) is 13.2. The summed E-state index contributed by atoms with van der Waals surface area (Å²) in [5, 5.41) is 9.13. The predicted octanol–water partition coefficient (Wildman–Crippen LogP) is 2.95. The van der Waals surface area contributed by atoms with Crippen LogP contribution in [-0.2, 0) is 11.3 Å². The van der Waals surface area contributed by atoms with Gasteiger partial charge in [-0.3, -0.25) is 0 Å². The standard InChI is InChI=1S/C14H20BrNO2/c1-14(18-2)6-3-7-16(10-14)13-5-4-11(9-17)8-12(13)15/h4-5,8,17H,3,6-7,9-10H2,1-2H3. The van der Waals surface area contributed by atoms with Gasteiger partial charge in [0.1, 0.15) is 0 Å². The number of nitrogens with zero attached hydrogens (tertiary/aromatic N) is 1. The van der Waals surface area contributed by atoms with Crippen molar-refractivity contribution in [1.82, 2.24) is 0 Å². The minimum absolute atomic E-state index is 0.0622. The summed E-state index contributed by atoms with van der Waals surface area (Å²) in [4.78, 5) is 2.35. The van der Waals surface area contributed by atoms with Gasteiger partial charge in [-0.15, -0.1) is 0 Å². The van der Waals surface area contributed by atoms with Crippen molar-refractivity contribution in [3.05, 3.63) is 28.2 Å². The van der Waals surface area contributed by atoms with E-state index in [1.54, 1.807) is 7.11 Å². The summed E-state index contributed by atoms with van der Waals surface area (Å²) >= 11 is 3.59. The molecule has 18 heavy (non-hydrogen) atoms. The maximum Gasteiger partial charge on any atom is 0.0825 e. The van der Waals surface area contributed by atoms with Gasteiger partial charge in [0.05, 0.1) is 17.9 Å². The van der Waals surface area contributed by atoms with E-state index in [9.17, 15) is 0 Å². The summed E-state index contributed by atoms with van der Waals surface area (Å²) in [5.41, 5.74) is 2.04. The quantitative estimate of drug-likeness (QED) is 0.931. The fourth-order valence-corrected chi connectivity index (χ4v) is 3.16. The molecule has 3 nitrogen and oxygen atoms in total. The van der Waals surface area contributed by atoms with Crippen molar-refractivity contribution in [3.63, 3.8) is 0 Å². The Hall–Kier alpha value is -0.580. The van der Waals surface area contributed by atoms with Crippen molar-refractivity contribution < 1.29 is 9.84 Å². The second-order valence-corrected chi connectivity index (χ2v) is 5.98. The molecule has 100 valence electrons. The molecule has 1 heterocycles. The molecule has 0 amide bonds. The number of aliphatic hydroxyl groups excluding tert-OH is 1. The molecule has 0 radical (unpaired) electrons. The second kappa shape index (κ2) is 5.59. The lowest BCUT2D eigenvalue weighted by Gasteiger charge is -2.41. The minimum Gasteiger partial charge on any atom is -0.392 e. The van der Waals surface area contributed by atoms with Crippen LogP contribution in [0.2, 0.25) is 0 Å². The molecule has 1 N–H and O–H groups in total. The summed E-state index contributed by atoms with van der Waals surface area (Å²) in [5.74, 6) is 0. The van der Waals surface area contributed by atoms with Crippen LogP contribution in [0.1, 0.15) is 25.3 Å². The SMILES string of the molecule is COC1(C)CCCN(c2ccc(CO)cc2Br)C1. The van der Waals surface area contributed by atoms with Gasteiger partial charge in [-0.05, 0) is 53.4 Å². The Labute approximate surface area is 117 Å². The van der Waals surface area contributed by atoms with Crippen LogP contribution in [0.5, 0.6) is 0 Å². The first-order valence-corrected chi connectivity index (χ1v) is 7.07. The largest absolute Gasteiger partial charge is 0.392 e. The van der Waals surface area contributed by atoms with Gasteiger partial charge in [0.2, 0.25) is 0 Å². The van der Waals surface area contributed by atoms with Crippen LogP contribution < -0.4 is 4.90 Å². The molecule has 1 aliphatic heterocycles. The average molecular weight is 314 g/mol. The first-order valence-electron chi connectivity index (χ1n) is 6.27. The fourth-order valence-electron chi connectivity index (χ4n) is 2.48. The Morgan fingerprint density at radius 2 is 2.28 bits per heavy atom. The third kappa shape index (κ3) is 2.87. The lowest BCUT2D eigenvalue weighted by molar-refractivity contribution is -0.00468. The monoisotopic (exact) mass is 313 g/mol. The fraction of sp³-hybridized carbons (Fsp3) is 0.571. The predicted molar refractivity (Wildman–Crippen MR) is 76.9 cm³/mol. The van der Waals surface area contributed by atoms with E-state index in [-0.39, 0.29) is 12.2 Å². The maximum absolute atomic E-state index is 9.13. The van der Waals surface area contributed by atoms with Gasteiger partial charge in [0, 0.05) is 24.7 Å². The summed E-state index contributed by atoms with van der Waals surface area (Å²) in [6.07, 6.45) is 2.24. The molecule has 1 fully saturated rings. The highest BCUT2D eigenvalue weighted by Gasteiger charge is 2.31. The van der Waals surface area contributed by atoms with Gasteiger partial charge < -0.3 is 14.7 Å². The Morgan fingerprint density at radius 3 is 2.89 bits per heavy atom. The third-order valence-electron chi connectivity index (χ3n) is 3.69. The highest BCUT2D eigenvalue weighted by Crippen LogP contribution is 2.33. The number of hydrogen-bond donors (Lipinski definition) is 1.